The number of anilines is 1. The SMILES string of the molecule is CS(=O)(=O)OC[C@H]1C[C@H]1Cc1cc(-c2ccc3cn(Cc4ccccc4)nc3c2)c2c(N)ncnn12. The molecule has 1 saturated carbocycles. The van der Waals surface area contributed by atoms with Crippen molar-refractivity contribution < 1.29 is 12.6 Å². The predicted octanol–water partition coefficient (Wildman–Crippen LogP) is 3.53. The Morgan fingerprint density at radius 3 is 2.75 bits per heavy atom. The normalized spacial score (nSPS) is 17.7. The van der Waals surface area contributed by atoms with Crippen molar-refractivity contribution in [1.82, 2.24) is 24.4 Å². The summed E-state index contributed by atoms with van der Waals surface area (Å²) in [7, 11) is -3.43. The topological polar surface area (TPSA) is 117 Å². The van der Waals surface area contributed by atoms with Gasteiger partial charge in [-0.05, 0) is 47.9 Å². The lowest BCUT2D eigenvalue weighted by atomic mass is 10.0. The number of fused-ring (bicyclic) bond motifs is 2. The van der Waals surface area contributed by atoms with Crippen LogP contribution in [0.2, 0.25) is 0 Å². The second-order valence-corrected chi connectivity index (χ2v) is 11.1. The van der Waals surface area contributed by atoms with Gasteiger partial charge in [-0.3, -0.25) is 8.86 Å². The molecule has 2 aromatic carbocycles. The average Bonchev–Trinajstić information content (AvgIpc) is 3.29. The van der Waals surface area contributed by atoms with Crippen LogP contribution in [0.25, 0.3) is 27.5 Å². The highest BCUT2D eigenvalue weighted by Gasteiger charge is 2.38. The minimum absolute atomic E-state index is 0.220. The second-order valence-electron chi connectivity index (χ2n) is 9.49. The first kappa shape index (κ1) is 22.7. The van der Waals surface area contributed by atoms with E-state index in [1.165, 1.54) is 11.9 Å². The summed E-state index contributed by atoms with van der Waals surface area (Å²) in [5, 5.41) is 10.3. The van der Waals surface area contributed by atoms with Gasteiger partial charge in [0.05, 0.1) is 24.9 Å². The summed E-state index contributed by atoms with van der Waals surface area (Å²) in [6.07, 6.45) is 6.27. The van der Waals surface area contributed by atoms with Crippen LogP contribution in [0.1, 0.15) is 17.7 Å². The zero-order valence-corrected chi connectivity index (χ0v) is 20.6. The van der Waals surface area contributed by atoms with E-state index in [9.17, 15) is 8.42 Å². The maximum absolute atomic E-state index is 11.3. The van der Waals surface area contributed by atoms with Crippen LogP contribution >= 0.6 is 0 Å². The van der Waals surface area contributed by atoms with Gasteiger partial charge in [0.25, 0.3) is 10.1 Å². The Hall–Kier alpha value is -3.76. The minimum Gasteiger partial charge on any atom is -0.382 e. The summed E-state index contributed by atoms with van der Waals surface area (Å²) < 4.78 is 31.4. The van der Waals surface area contributed by atoms with Crippen molar-refractivity contribution in [2.24, 2.45) is 11.8 Å². The molecule has 36 heavy (non-hydrogen) atoms. The zero-order valence-electron chi connectivity index (χ0n) is 19.8. The number of nitrogens with two attached hydrogens (primary N) is 1. The molecule has 0 radical (unpaired) electrons. The first-order valence-electron chi connectivity index (χ1n) is 11.8. The molecule has 0 spiro atoms. The quantitative estimate of drug-likeness (QED) is 0.323. The van der Waals surface area contributed by atoms with Crippen molar-refractivity contribution in [3.63, 3.8) is 0 Å². The van der Waals surface area contributed by atoms with Crippen molar-refractivity contribution in [1.29, 1.82) is 0 Å². The number of nitrogens with zero attached hydrogens (tertiary/aromatic N) is 5. The molecule has 184 valence electrons. The molecule has 0 amide bonds. The van der Waals surface area contributed by atoms with Crippen molar-refractivity contribution in [2.75, 3.05) is 18.6 Å². The van der Waals surface area contributed by atoms with Gasteiger partial charge in [0.2, 0.25) is 0 Å². The molecule has 1 aliphatic carbocycles. The second kappa shape index (κ2) is 8.72. The van der Waals surface area contributed by atoms with E-state index in [0.717, 1.165) is 52.3 Å². The molecule has 0 bridgehead atoms. The zero-order chi connectivity index (χ0) is 24.9. The van der Waals surface area contributed by atoms with Crippen LogP contribution in [-0.2, 0) is 27.3 Å². The number of aromatic nitrogens is 5. The molecule has 2 atom stereocenters. The number of nitrogen functional groups attached to an aromatic ring is 1. The van der Waals surface area contributed by atoms with E-state index in [1.54, 1.807) is 0 Å². The highest BCUT2D eigenvalue weighted by atomic mass is 32.2. The maximum atomic E-state index is 11.3. The van der Waals surface area contributed by atoms with Crippen LogP contribution in [0.3, 0.4) is 0 Å². The lowest BCUT2D eigenvalue weighted by molar-refractivity contribution is 0.297. The van der Waals surface area contributed by atoms with Crippen LogP contribution in [0.4, 0.5) is 5.82 Å². The van der Waals surface area contributed by atoms with Gasteiger partial charge in [0.1, 0.15) is 11.8 Å². The van der Waals surface area contributed by atoms with Crippen LogP contribution in [0.15, 0.2) is 67.1 Å². The molecule has 9 nitrogen and oxygen atoms in total. The standard InChI is InChI=1S/C26H26N6O3S/c1-36(33,34)35-15-21-9-20(21)10-22-12-23(25-26(27)28-16-29-32(22)25)18-7-8-19-14-31(30-24(19)11-18)13-17-5-3-2-4-6-17/h2-8,11-12,14,16,20-21H,9-10,13,15H2,1H3,(H2,27,28,29)/t20-,21+/m0/s1. The number of hydrogen-bond acceptors (Lipinski definition) is 7. The number of benzene rings is 2. The molecule has 0 saturated heterocycles. The van der Waals surface area contributed by atoms with Gasteiger partial charge in [-0.15, -0.1) is 0 Å². The third kappa shape index (κ3) is 4.57. The molecule has 1 fully saturated rings. The van der Waals surface area contributed by atoms with Crippen molar-refractivity contribution in [3.8, 4) is 11.1 Å². The van der Waals surface area contributed by atoms with Crippen molar-refractivity contribution in [2.45, 2.75) is 19.4 Å². The van der Waals surface area contributed by atoms with E-state index in [2.05, 4.69) is 52.7 Å². The molecule has 1 aliphatic rings. The minimum atomic E-state index is -3.43. The summed E-state index contributed by atoms with van der Waals surface area (Å²) >= 11 is 0. The average molecular weight is 503 g/mol. The van der Waals surface area contributed by atoms with Gasteiger partial charge in [-0.1, -0.05) is 42.5 Å². The highest BCUT2D eigenvalue weighted by Crippen LogP contribution is 2.43. The Balaban J connectivity index is 1.30. The summed E-state index contributed by atoms with van der Waals surface area (Å²) in [6.45, 7) is 0.926. The first-order chi connectivity index (χ1) is 17.3. The van der Waals surface area contributed by atoms with Gasteiger partial charge in [-0.2, -0.15) is 18.6 Å². The van der Waals surface area contributed by atoms with Gasteiger partial charge in [0.15, 0.2) is 5.82 Å². The fraction of sp³-hybridized carbons (Fsp3) is 0.269. The predicted molar refractivity (Wildman–Crippen MR) is 138 cm³/mol. The van der Waals surface area contributed by atoms with E-state index >= 15 is 0 Å². The molecule has 6 rings (SSSR count). The number of rotatable bonds is 8. The van der Waals surface area contributed by atoms with Crippen molar-refractivity contribution in [3.05, 3.63) is 78.4 Å². The molecule has 0 unspecified atom stereocenters. The largest absolute Gasteiger partial charge is 0.382 e. The molecule has 0 aliphatic heterocycles. The van der Waals surface area contributed by atoms with Crippen molar-refractivity contribution >= 4 is 32.4 Å². The smallest absolute Gasteiger partial charge is 0.264 e. The lowest BCUT2D eigenvalue weighted by Gasteiger charge is -2.04. The monoisotopic (exact) mass is 502 g/mol. The Kier molecular flexibility index (Phi) is 5.50. The third-order valence-corrected chi connectivity index (χ3v) is 7.31. The number of hydrogen-bond donors (Lipinski definition) is 1. The molecule has 10 heteroatoms. The van der Waals surface area contributed by atoms with Gasteiger partial charge < -0.3 is 5.73 Å². The Labute approximate surface area is 208 Å². The Morgan fingerprint density at radius 1 is 1.11 bits per heavy atom. The molecule has 3 aromatic heterocycles. The lowest BCUT2D eigenvalue weighted by Crippen LogP contribution is -2.07. The van der Waals surface area contributed by atoms with Gasteiger partial charge in [-0.25, -0.2) is 9.50 Å². The van der Waals surface area contributed by atoms with Crippen LogP contribution in [0.5, 0.6) is 0 Å². The fourth-order valence-electron chi connectivity index (χ4n) is 4.83. The molecule has 3 heterocycles. The van der Waals surface area contributed by atoms with E-state index in [1.807, 2.05) is 27.4 Å². The van der Waals surface area contributed by atoms with Crippen LogP contribution < -0.4 is 5.73 Å². The highest BCUT2D eigenvalue weighted by molar-refractivity contribution is 7.85. The van der Waals surface area contributed by atoms with E-state index in [4.69, 9.17) is 15.0 Å². The maximum Gasteiger partial charge on any atom is 0.264 e. The molecule has 5 aromatic rings. The van der Waals surface area contributed by atoms with Crippen LogP contribution in [0, 0.1) is 11.8 Å². The fourth-order valence-corrected chi connectivity index (χ4v) is 5.25. The Bertz CT molecular complexity index is 1680. The molecular weight excluding hydrogens is 476 g/mol. The van der Waals surface area contributed by atoms with Crippen LogP contribution in [-0.4, -0.2) is 45.7 Å². The first-order valence-corrected chi connectivity index (χ1v) is 13.6. The van der Waals surface area contributed by atoms with Gasteiger partial charge >= 0.3 is 0 Å². The summed E-state index contributed by atoms with van der Waals surface area (Å²) in [4.78, 5) is 4.23. The summed E-state index contributed by atoms with van der Waals surface area (Å²) in [6, 6.07) is 18.6. The van der Waals surface area contributed by atoms with E-state index in [0.29, 0.717) is 18.3 Å². The van der Waals surface area contributed by atoms with E-state index < -0.39 is 10.1 Å². The molecule has 2 N–H and O–H groups in total. The van der Waals surface area contributed by atoms with E-state index in [-0.39, 0.29) is 12.5 Å². The summed E-state index contributed by atoms with van der Waals surface area (Å²) in [5.41, 5.74) is 12.1. The molecular formula is C26H26N6O3S. The summed E-state index contributed by atoms with van der Waals surface area (Å²) in [5.74, 6) is 0.969. The third-order valence-electron chi connectivity index (χ3n) is 6.75. The van der Waals surface area contributed by atoms with Gasteiger partial charge in [0, 0.05) is 22.8 Å². The Morgan fingerprint density at radius 2 is 1.94 bits per heavy atom.